The molecule has 0 aromatic carbocycles. The second kappa shape index (κ2) is 5.35. The van der Waals surface area contributed by atoms with Crippen molar-refractivity contribution in [2.75, 3.05) is 7.05 Å². The van der Waals surface area contributed by atoms with Crippen molar-refractivity contribution in [1.29, 1.82) is 0 Å². The molecule has 1 unspecified atom stereocenters. The highest BCUT2D eigenvalue weighted by molar-refractivity contribution is 6.72. The molecule has 3 amide bonds. The Morgan fingerprint density at radius 1 is 1.42 bits per heavy atom. The molecule has 0 aromatic heterocycles. The smallest absolute Gasteiger partial charge is 0.234 e. The molecule has 0 N–H and O–H groups in total. The summed E-state index contributed by atoms with van der Waals surface area (Å²) in [5.41, 5.74) is -0.912. The lowest BCUT2D eigenvalue weighted by Crippen LogP contribution is -2.59. The molecular weight excluding hydrogens is 243 g/mol. The summed E-state index contributed by atoms with van der Waals surface area (Å²) in [7, 11) is 1.98. The van der Waals surface area contributed by atoms with Gasteiger partial charge in [-0.05, 0) is 19.8 Å². The molecular formula is C13H23BN2O3. The summed E-state index contributed by atoms with van der Waals surface area (Å²) in [4.78, 5) is 39.1. The van der Waals surface area contributed by atoms with Crippen molar-refractivity contribution in [3.63, 3.8) is 0 Å². The Balaban J connectivity index is 3.04. The lowest BCUT2D eigenvalue weighted by atomic mass is 9.80. The van der Waals surface area contributed by atoms with Crippen LogP contribution < -0.4 is 0 Å². The van der Waals surface area contributed by atoms with Crippen LogP contribution in [0.4, 0.5) is 4.79 Å². The van der Waals surface area contributed by atoms with Crippen molar-refractivity contribution in [2.45, 2.75) is 46.6 Å². The molecule has 0 saturated carbocycles. The van der Waals surface area contributed by atoms with E-state index < -0.39 is 5.66 Å². The lowest BCUT2D eigenvalue weighted by Gasteiger charge is -2.42. The van der Waals surface area contributed by atoms with Crippen LogP contribution in [0.25, 0.3) is 0 Å². The van der Waals surface area contributed by atoms with Gasteiger partial charge >= 0.3 is 0 Å². The molecule has 1 atom stereocenters. The van der Waals surface area contributed by atoms with Gasteiger partial charge in [0.2, 0.25) is 19.1 Å². The molecule has 19 heavy (non-hydrogen) atoms. The highest BCUT2D eigenvalue weighted by Gasteiger charge is 2.49. The van der Waals surface area contributed by atoms with Crippen LogP contribution in [-0.4, -0.2) is 47.4 Å². The van der Waals surface area contributed by atoms with E-state index in [9.17, 15) is 14.4 Å². The van der Waals surface area contributed by atoms with E-state index >= 15 is 0 Å². The van der Waals surface area contributed by atoms with Gasteiger partial charge in [-0.25, -0.2) is 0 Å². The monoisotopic (exact) mass is 266 g/mol. The van der Waals surface area contributed by atoms with Gasteiger partial charge in [-0.1, -0.05) is 20.7 Å². The van der Waals surface area contributed by atoms with Crippen LogP contribution in [0, 0.1) is 11.8 Å². The number of imide groups is 1. The molecule has 0 aromatic rings. The van der Waals surface area contributed by atoms with Gasteiger partial charge in [0.25, 0.3) is 0 Å². The first-order chi connectivity index (χ1) is 8.64. The van der Waals surface area contributed by atoms with Crippen molar-refractivity contribution in [2.24, 2.45) is 11.8 Å². The highest BCUT2D eigenvalue weighted by Crippen LogP contribution is 2.33. The summed E-state index contributed by atoms with van der Waals surface area (Å²) in [5, 5.41) is 0. The quantitative estimate of drug-likeness (QED) is 0.569. The number of rotatable bonds is 4. The maximum absolute atomic E-state index is 12.4. The third-order valence-corrected chi connectivity index (χ3v) is 4.03. The SMILES string of the molecule is CBC(=O)N(C)C(C)(C)N1C(=O)CC(C(C)C)C1=O. The molecule has 0 spiro atoms. The number of carbonyl (C=O) groups is 3. The van der Waals surface area contributed by atoms with Crippen LogP contribution in [-0.2, 0) is 9.59 Å². The number of nitrogens with zero attached hydrogens (tertiary/aromatic N) is 2. The fourth-order valence-corrected chi connectivity index (χ4v) is 2.44. The number of likely N-dealkylation sites (tertiary alicyclic amines) is 1. The van der Waals surface area contributed by atoms with Gasteiger partial charge in [0.1, 0.15) is 5.66 Å². The summed E-state index contributed by atoms with van der Waals surface area (Å²) in [6.45, 7) is 9.11. The molecule has 1 rings (SSSR count). The second-order valence-corrected chi connectivity index (χ2v) is 5.92. The Labute approximate surface area is 115 Å². The van der Waals surface area contributed by atoms with Gasteiger partial charge < -0.3 is 4.90 Å². The Hall–Kier alpha value is -1.33. The van der Waals surface area contributed by atoms with E-state index in [1.54, 1.807) is 27.7 Å². The lowest BCUT2D eigenvalue weighted by molar-refractivity contribution is -0.150. The third-order valence-electron chi connectivity index (χ3n) is 4.03. The minimum atomic E-state index is -0.912. The summed E-state index contributed by atoms with van der Waals surface area (Å²) in [6, 6.07) is 0. The normalized spacial score (nSPS) is 20.2. The predicted octanol–water partition coefficient (Wildman–Crippen LogP) is 1.29. The average molecular weight is 266 g/mol. The maximum atomic E-state index is 12.4. The number of hydrogen-bond donors (Lipinski definition) is 0. The second-order valence-electron chi connectivity index (χ2n) is 5.92. The third kappa shape index (κ3) is 2.67. The highest BCUT2D eigenvalue weighted by atomic mass is 16.2. The molecule has 0 bridgehead atoms. The van der Waals surface area contributed by atoms with Crippen LogP contribution in [0.15, 0.2) is 0 Å². The molecule has 1 aliphatic heterocycles. The van der Waals surface area contributed by atoms with Gasteiger partial charge in [-0.3, -0.25) is 19.3 Å². The van der Waals surface area contributed by atoms with Crippen molar-refractivity contribution < 1.29 is 14.4 Å². The zero-order valence-corrected chi connectivity index (χ0v) is 12.7. The van der Waals surface area contributed by atoms with E-state index in [1.165, 1.54) is 9.80 Å². The maximum Gasteiger partial charge on any atom is 0.234 e. The predicted molar refractivity (Wildman–Crippen MR) is 75.0 cm³/mol. The van der Waals surface area contributed by atoms with Gasteiger partial charge in [-0.15, -0.1) is 0 Å². The molecule has 6 heteroatoms. The minimum Gasteiger partial charge on any atom is -0.332 e. The Morgan fingerprint density at radius 3 is 2.32 bits per heavy atom. The summed E-state index contributed by atoms with van der Waals surface area (Å²) < 4.78 is 0. The molecule has 0 radical (unpaired) electrons. The summed E-state index contributed by atoms with van der Waals surface area (Å²) in [6.07, 6.45) is 0.244. The number of amides is 3. The molecule has 1 aliphatic rings. The van der Waals surface area contributed by atoms with Crippen LogP contribution >= 0.6 is 0 Å². The van der Waals surface area contributed by atoms with Crippen LogP contribution in [0.1, 0.15) is 34.1 Å². The van der Waals surface area contributed by atoms with Gasteiger partial charge in [0.15, 0.2) is 5.81 Å². The van der Waals surface area contributed by atoms with Crippen molar-refractivity contribution in [3.8, 4) is 0 Å². The van der Waals surface area contributed by atoms with Crippen LogP contribution in [0.5, 0.6) is 0 Å². The van der Waals surface area contributed by atoms with Crippen molar-refractivity contribution in [1.82, 2.24) is 9.80 Å². The van der Waals surface area contributed by atoms with E-state index in [0.717, 1.165) is 0 Å². The topological polar surface area (TPSA) is 57.7 Å². The summed E-state index contributed by atoms with van der Waals surface area (Å²) in [5.74, 6) is -0.579. The van der Waals surface area contributed by atoms with Gasteiger partial charge in [0, 0.05) is 19.4 Å². The molecule has 106 valence electrons. The Morgan fingerprint density at radius 2 is 1.95 bits per heavy atom. The van der Waals surface area contributed by atoms with Crippen LogP contribution in [0.3, 0.4) is 0 Å². The van der Waals surface area contributed by atoms with Crippen LogP contribution in [0.2, 0.25) is 6.82 Å². The summed E-state index contributed by atoms with van der Waals surface area (Å²) >= 11 is 0. The largest absolute Gasteiger partial charge is 0.332 e. The molecule has 5 nitrogen and oxygen atoms in total. The minimum absolute atomic E-state index is 0.0846. The first kappa shape index (κ1) is 15.7. The number of hydrogen-bond acceptors (Lipinski definition) is 3. The zero-order chi connectivity index (χ0) is 15.0. The first-order valence-corrected chi connectivity index (χ1v) is 6.78. The molecule has 1 heterocycles. The van der Waals surface area contributed by atoms with Crippen molar-refractivity contribution in [3.05, 3.63) is 0 Å². The van der Waals surface area contributed by atoms with E-state index in [0.29, 0.717) is 7.28 Å². The van der Waals surface area contributed by atoms with Crippen molar-refractivity contribution >= 4 is 24.9 Å². The average Bonchev–Trinajstić information content (AvgIpc) is 2.63. The standard InChI is InChI=1S/C13H23BN2O3/c1-8(2)9-7-10(17)16(11(9)18)13(3,4)15(6)12(19)14-5/h8-9,14H,7H2,1-6H3. The van der Waals surface area contributed by atoms with Gasteiger partial charge in [0.05, 0.1) is 0 Å². The Bertz CT molecular complexity index is 407. The molecule has 0 aliphatic carbocycles. The zero-order valence-electron chi connectivity index (χ0n) is 12.7. The number of carbonyl (C=O) groups excluding carboxylic acids is 3. The van der Waals surface area contributed by atoms with E-state index in [4.69, 9.17) is 0 Å². The fraction of sp³-hybridized carbons (Fsp3) is 0.769. The fourth-order valence-electron chi connectivity index (χ4n) is 2.44. The van der Waals surface area contributed by atoms with Gasteiger partial charge in [-0.2, -0.15) is 0 Å². The van der Waals surface area contributed by atoms with E-state index in [2.05, 4.69) is 0 Å². The van der Waals surface area contributed by atoms with E-state index in [-0.39, 0.29) is 35.9 Å². The Kier molecular flexibility index (Phi) is 4.43. The first-order valence-electron chi connectivity index (χ1n) is 6.78. The molecule has 1 saturated heterocycles. The molecule has 1 fully saturated rings. The van der Waals surface area contributed by atoms with E-state index in [1.807, 2.05) is 13.8 Å².